The third kappa shape index (κ3) is 4.78. The van der Waals surface area contributed by atoms with Crippen LogP contribution in [-0.4, -0.2) is 33.3 Å². The molecule has 31 heavy (non-hydrogen) atoms. The number of Topliss-reactive ketones (excluding diaryl/α,β-unsaturated/α-hetero) is 1. The largest absolute Gasteiger partial charge is 0.338 e. The number of aromatic nitrogens is 3. The quantitative estimate of drug-likeness (QED) is 0.386. The zero-order valence-electron chi connectivity index (χ0n) is 17.2. The van der Waals surface area contributed by atoms with Crippen LogP contribution in [0.15, 0.2) is 67.0 Å². The van der Waals surface area contributed by atoms with E-state index in [0.717, 1.165) is 16.7 Å². The van der Waals surface area contributed by atoms with Gasteiger partial charge in [-0.1, -0.05) is 36.4 Å². The van der Waals surface area contributed by atoms with Crippen LogP contribution in [0.25, 0.3) is 22.2 Å². The molecular weight excluding hydrogens is 390 g/mol. The Balaban J connectivity index is 1.70. The van der Waals surface area contributed by atoms with Gasteiger partial charge in [0.2, 0.25) is 5.95 Å². The van der Waals surface area contributed by atoms with Crippen LogP contribution in [0, 0.1) is 0 Å². The molecule has 4 rings (SSSR count). The summed E-state index contributed by atoms with van der Waals surface area (Å²) >= 11 is 0. The molecule has 0 radical (unpaired) electrons. The Morgan fingerprint density at radius 3 is 2.61 bits per heavy atom. The van der Waals surface area contributed by atoms with Crippen LogP contribution < -0.4 is 10.6 Å². The van der Waals surface area contributed by atoms with Gasteiger partial charge in [0.15, 0.2) is 5.78 Å². The van der Waals surface area contributed by atoms with E-state index in [1.165, 1.54) is 0 Å². The number of anilines is 1. The summed E-state index contributed by atoms with van der Waals surface area (Å²) in [7, 11) is 0. The first kappa shape index (κ1) is 20.3. The normalized spacial score (nSPS) is 10.7. The summed E-state index contributed by atoms with van der Waals surface area (Å²) in [4.78, 5) is 36.8. The Labute approximate surface area is 179 Å². The summed E-state index contributed by atoms with van der Waals surface area (Å²) in [6.45, 7) is 2.34. The number of hydrogen-bond donors (Lipinski definition) is 3. The van der Waals surface area contributed by atoms with Gasteiger partial charge in [-0.05, 0) is 42.7 Å². The van der Waals surface area contributed by atoms with Gasteiger partial charge in [0.05, 0.1) is 5.52 Å². The number of pyridine rings is 1. The molecule has 0 bridgehead atoms. The topological polar surface area (TPSA) is 99.8 Å². The van der Waals surface area contributed by atoms with Crippen molar-refractivity contribution in [1.82, 2.24) is 20.3 Å². The fourth-order valence-corrected chi connectivity index (χ4v) is 3.44. The van der Waals surface area contributed by atoms with Crippen molar-refractivity contribution < 1.29 is 9.59 Å². The maximum atomic E-state index is 13.2. The number of rotatable bonds is 7. The van der Waals surface area contributed by atoms with Crippen molar-refractivity contribution in [1.29, 1.82) is 0 Å². The van der Waals surface area contributed by atoms with Crippen molar-refractivity contribution >= 4 is 28.8 Å². The molecule has 2 aromatic carbocycles. The van der Waals surface area contributed by atoms with Gasteiger partial charge in [0.1, 0.15) is 5.52 Å². The molecule has 0 spiro atoms. The Kier molecular flexibility index (Phi) is 6.03. The van der Waals surface area contributed by atoms with Crippen molar-refractivity contribution in [2.24, 2.45) is 0 Å². The van der Waals surface area contributed by atoms with E-state index in [9.17, 15) is 9.59 Å². The van der Waals surface area contributed by atoms with Crippen molar-refractivity contribution in [2.45, 2.75) is 19.8 Å². The zero-order chi connectivity index (χ0) is 21.6. The Bertz CT molecular complexity index is 1200. The minimum Gasteiger partial charge on any atom is -0.338 e. The summed E-state index contributed by atoms with van der Waals surface area (Å²) in [5.74, 6) is 0.289. The third-order valence-corrected chi connectivity index (χ3v) is 4.93. The van der Waals surface area contributed by atoms with Crippen LogP contribution >= 0.6 is 0 Å². The molecule has 0 atom stereocenters. The molecule has 7 nitrogen and oxygen atoms in total. The van der Waals surface area contributed by atoms with Gasteiger partial charge >= 0.3 is 6.03 Å². The summed E-state index contributed by atoms with van der Waals surface area (Å²) in [6.07, 6.45) is 4.47. The van der Waals surface area contributed by atoms with Crippen molar-refractivity contribution in [3.05, 3.63) is 78.1 Å². The molecule has 156 valence electrons. The molecule has 0 aliphatic carbocycles. The lowest BCUT2D eigenvalue weighted by molar-refractivity contribution is 0.0984. The molecule has 0 saturated heterocycles. The van der Waals surface area contributed by atoms with Gasteiger partial charge in [-0.3, -0.25) is 15.1 Å². The fraction of sp³-hybridized carbons (Fsp3) is 0.167. The van der Waals surface area contributed by atoms with Gasteiger partial charge < -0.3 is 10.3 Å². The van der Waals surface area contributed by atoms with Gasteiger partial charge in [-0.25, -0.2) is 9.78 Å². The number of H-pyrrole nitrogens is 1. The number of fused-ring (bicyclic) bond motifs is 1. The van der Waals surface area contributed by atoms with E-state index in [-0.39, 0.29) is 11.8 Å². The predicted octanol–water partition coefficient (Wildman–Crippen LogP) is 4.58. The Hall–Kier alpha value is -4.00. The highest BCUT2D eigenvalue weighted by Crippen LogP contribution is 2.28. The van der Waals surface area contributed by atoms with Gasteiger partial charge in [-0.15, -0.1) is 0 Å². The van der Waals surface area contributed by atoms with E-state index in [4.69, 9.17) is 0 Å². The predicted molar refractivity (Wildman–Crippen MR) is 121 cm³/mol. The molecule has 2 aromatic heterocycles. The van der Waals surface area contributed by atoms with Crippen LogP contribution in [-0.2, 0) is 6.42 Å². The molecule has 0 aliphatic rings. The maximum Gasteiger partial charge on any atom is 0.321 e. The number of amides is 2. The molecule has 7 heteroatoms. The summed E-state index contributed by atoms with van der Waals surface area (Å²) in [5, 5.41) is 5.34. The number of ketones is 1. The first-order valence-electron chi connectivity index (χ1n) is 10.2. The highest BCUT2D eigenvalue weighted by Gasteiger charge is 2.17. The first-order chi connectivity index (χ1) is 15.1. The second kappa shape index (κ2) is 9.21. The number of hydrogen-bond acceptors (Lipinski definition) is 4. The van der Waals surface area contributed by atoms with E-state index < -0.39 is 0 Å². The Morgan fingerprint density at radius 1 is 1.03 bits per heavy atom. The van der Waals surface area contributed by atoms with E-state index in [2.05, 4.69) is 25.6 Å². The van der Waals surface area contributed by atoms with Gasteiger partial charge in [0, 0.05) is 36.5 Å². The molecule has 4 aromatic rings. The number of urea groups is 1. The molecular formula is C24H23N5O2. The summed E-state index contributed by atoms with van der Waals surface area (Å²) < 4.78 is 0. The minimum absolute atomic E-state index is 0.00402. The molecule has 0 fully saturated rings. The van der Waals surface area contributed by atoms with Crippen LogP contribution in [0.3, 0.4) is 0 Å². The highest BCUT2D eigenvalue weighted by atomic mass is 16.2. The molecule has 3 N–H and O–H groups in total. The number of aromatic amines is 1. The highest BCUT2D eigenvalue weighted by molar-refractivity contribution is 6.08. The van der Waals surface area contributed by atoms with Crippen molar-refractivity contribution in [3.8, 4) is 11.1 Å². The van der Waals surface area contributed by atoms with Crippen molar-refractivity contribution in [3.63, 3.8) is 0 Å². The number of nitrogens with one attached hydrogen (secondary N) is 3. The maximum absolute atomic E-state index is 13.2. The van der Waals surface area contributed by atoms with Crippen LogP contribution in [0.2, 0.25) is 0 Å². The molecule has 0 aliphatic heterocycles. The SMILES string of the molecule is CCNC(=O)Nc1nc2c(C(=O)CCc3ccccc3)cc(-c3cccnc3)cc2[nH]1. The van der Waals surface area contributed by atoms with Gasteiger partial charge in [-0.2, -0.15) is 0 Å². The number of aryl methyl sites for hydroxylation is 1. The number of imidazole rings is 1. The Morgan fingerprint density at radius 2 is 1.87 bits per heavy atom. The number of benzene rings is 2. The number of carbonyl (C=O) groups excluding carboxylic acids is 2. The average molecular weight is 413 g/mol. The second-order valence-electron chi connectivity index (χ2n) is 7.14. The monoisotopic (exact) mass is 413 g/mol. The van der Waals surface area contributed by atoms with E-state index in [1.807, 2.05) is 61.5 Å². The standard InChI is InChI=1S/C24H23N5O2/c1-2-26-24(31)29-23-27-20-14-18(17-9-6-12-25-15-17)13-19(22(20)28-23)21(30)11-10-16-7-4-3-5-8-16/h3-9,12-15H,2,10-11H2,1H3,(H3,26,27,28,29,31). The lowest BCUT2D eigenvalue weighted by Crippen LogP contribution is -2.28. The van der Waals surface area contributed by atoms with Crippen LogP contribution in [0.1, 0.15) is 29.3 Å². The zero-order valence-corrected chi connectivity index (χ0v) is 17.2. The number of nitrogens with zero attached hydrogens (tertiary/aromatic N) is 2. The minimum atomic E-state index is -0.356. The third-order valence-electron chi connectivity index (χ3n) is 4.93. The lowest BCUT2D eigenvalue weighted by Gasteiger charge is -2.07. The molecule has 2 heterocycles. The van der Waals surface area contributed by atoms with Crippen molar-refractivity contribution in [2.75, 3.05) is 11.9 Å². The lowest BCUT2D eigenvalue weighted by atomic mass is 9.97. The smallest absolute Gasteiger partial charge is 0.321 e. The van der Waals surface area contributed by atoms with Crippen LogP contribution in [0.4, 0.5) is 10.7 Å². The van der Waals surface area contributed by atoms with Gasteiger partial charge in [0.25, 0.3) is 0 Å². The average Bonchev–Trinajstić information content (AvgIpc) is 3.20. The summed E-state index contributed by atoms with van der Waals surface area (Å²) in [5.41, 5.74) is 4.60. The summed E-state index contributed by atoms with van der Waals surface area (Å²) in [6, 6.07) is 17.1. The van der Waals surface area contributed by atoms with E-state index in [0.29, 0.717) is 41.9 Å². The molecule has 0 unspecified atom stereocenters. The second-order valence-corrected chi connectivity index (χ2v) is 7.14. The molecule has 2 amide bonds. The van der Waals surface area contributed by atoms with Crippen LogP contribution in [0.5, 0.6) is 0 Å². The first-order valence-corrected chi connectivity index (χ1v) is 10.2. The molecule has 0 saturated carbocycles. The number of carbonyl (C=O) groups is 2. The fourth-order valence-electron chi connectivity index (χ4n) is 3.44. The van der Waals surface area contributed by atoms with E-state index in [1.54, 1.807) is 12.4 Å². The van der Waals surface area contributed by atoms with E-state index >= 15 is 0 Å².